The van der Waals surface area contributed by atoms with Crippen molar-refractivity contribution in [3.05, 3.63) is 35.6 Å². The molecule has 1 rings (SSSR count). The van der Waals surface area contributed by atoms with E-state index in [0.29, 0.717) is 6.61 Å². The number of rotatable bonds is 7. The van der Waals surface area contributed by atoms with Crippen LogP contribution in [-0.4, -0.2) is 55.4 Å². The Morgan fingerprint density at radius 1 is 1.35 bits per heavy atom. The molecule has 1 aliphatic heterocycles. The molecule has 0 aromatic rings. The van der Waals surface area contributed by atoms with Crippen LogP contribution in [0.3, 0.4) is 0 Å². The monoisotopic (exact) mass is 281 g/mol. The molecule has 0 saturated carbocycles. The maximum atomic E-state index is 10.7. The maximum absolute atomic E-state index is 10.7. The fourth-order valence-corrected chi connectivity index (χ4v) is 1.90. The van der Waals surface area contributed by atoms with E-state index in [-0.39, 0.29) is 5.57 Å². The van der Waals surface area contributed by atoms with Crippen LogP contribution in [0.2, 0.25) is 0 Å². The summed E-state index contributed by atoms with van der Waals surface area (Å²) in [5.74, 6) is -0.242. The molecular weight excluding hydrogens is 258 g/mol. The quantitative estimate of drug-likeness (QED) is 0.438. The van der Waals surface area contributed by atoms with Gasteiger partial charge in [-0.3, -0.25) is 4.90 Å². The lowest BCUT2D eigenvalue weighted by atomic mass is 10.2. The van der Waals surface area contributed by atoms with Gasteiger partial charge in [0.15, 0.2) is 0 Å². The standard InChI is InChI=1S/C15H23NO4/c1-12(10-13(2)15(17)18)11-14(3)20-9-6-16-4-7-19-8-5-16/h10-11H,2,4-9H2,1,3H3,(H,17,18)/b12-10-,14-11+. The van der Waals surface area contributed by atoms with Crippen LogP contribution in [0.25, 0.3) is 0 Å². The van der Waals surface area contributed by atoms with Gasteiger partial charge in [0.2, 0.25) is 0 Å². The average molecular weight is 281 g/mol. The highest BCUT2D eigenvalue weighted by molar-refractivity contribution is 5.89. The van der Waals surface area contributed by atoms with Gasteiger partial charge in [-0.15, -0.1) is 0 Å². The first-order valence-electron chi connectivity index (χ1n) is 6.70. The number of ether oxygens (including phenoxy) is 2. The third-order valence-corrected chi connectivity index (χ3v) is 2.95. The first kappa shape index (κ1) is 16.5. The van der Waals surface area contributed by atoms with E-state index in [9.17, 15) is 4.79 Å². The summed E-state index contributed by atoms with van der Waals surface area (Å²) in [6.45, 7) is 12.1. The van der Waals surface area contributed by atoms with Gasteiger partial charge < -0.3 is 14.6 Å². The highest BCUT2D eigenvalue weighted by atomic mass is 16.5. The van der Waals surface area contributed by atoms with Crippen molar-refractivity contribution >= 4 is 5.97 Å². The molecular formula is C15H23NO4. The Morgan fingerprint density at radius 2 is 2.00 bits per heavy atom. The van der Waals surface area contributed by atoms with Crippen LogP contribution < -0.4 is 0 Å². The number of nitrogens with zero attached hydrogens (tertiary/aromatic N) is 1. The van der Waals surface area contributed by atoms with E-state index in [1.807, 2.05) is 19.9 Å². The fourth-order valence-electron chi connectivity index (χ4n) is 1.90. The highest BCUT2D eigenvalue weighted by Gasteiger charge is 2.09. The maximum Gasteiger partial charge on any atom is 0.335 e. The summed E-state index contributed by atoms with van der Waals surface area (Å²) in [6, 6.07) is 0. The zero-order valence-electron chi connectivity index (χ0n) is 12.2. The molecule has 0 aliphatic carbocycles. The molecule has 0 unspecified atom stereocenters. The Balaban J connectivity index is 2.33. The molecule has 1 fully saturated rings. The van der Waals surface area contributed by atoms with Gasteiger partial charge in [-0.2, -0.15) is 0 Å². The van der Waals surface area contributed by atoms with Crippen molar-refractivity contribution in [2.24, 2.45) is 0 Å². The SMILES string of the molecule is C=C(/C=C(C)\C=C(/C)OCCN1CCOCC1)C(=O)O. The van der Waals surface area contributed by atoms with Gasteiger partial charge in [-0.1, -0.05) is 6.58 Å². The molecule has 0 spiro atoms. The van der Waals surface area contributed by atoms with Crippen molar-refractivity contribution in [2.45, 2.75) is 13.8 Å². The van der Waals surface area contributed by atoms with E-state index in [2.05, 4.69) is 11.5 Å². The number of carbonyl (C=O) groups is 1. The Kier molecular flexibility index (Phi) is 7.04. The first-order chi connectivity index (χ1) is 9.49. The lowest BCUT2D eigenvalue weighted by Gasteiger charge is -2.26. The Hall–Kier alpha value is -1.59. The molecule has 0 amide bonds. The lowest BCUT2D eigenvalue weighted by Crippen LogP contribution is -2.38. The molecule has 112 valence electrons. The zero-order chi connectivity index (χ0) is 15.0. The van der Waals surface area contributed by atoms with Gasteiger partial charge in [0.05, 0.1) is 24.5 Å². The second kappa shape index (κ2) is 8.55. The molecule has 0 atom stereocenters. The third kappa shape index (κ3) is 6.54. The van der Waals surface area contributed by atoms with Gasteiger partial charge in [0.1, 0.15) is 6.61 Å². The largest absolute Gasteiger partial charge is 0.497 e. The minimum Gasteiger partial charge on any atom is -0.497 e. The van der Waals surface area contributed by atoms with E-state index in [1.54, 1.807) is 0 Å². The predicted molar refractivity (Wildman–Crippen MR) is 77.5 cm³/mol. The lowest BCUT2D eigenvalue weighted by molar-refractivity contribution is -0.132. The number of carboxylic acid groups (broad SMARTS) is 1. The number of aliphatic carboxylic acids is 1. The topological polar surface area (TPSA) is 59.0 Å². The van der Waals surface area contributed by atoms with Gasteiger partial charge in [-0.25, -0.2) is 4.79 Å². The van der Waals surface area contributed by atoms with E-state index >= 15 is 0 Å². The molecule has 0 aromatic heterocycles. The van der Waals surface area contributed by atoms with Crippen molar-refractivity contribution in [1.29, 1.82) is 0 Å². The van der Waals surface area contributed by atoms with Crippen molar-refractivity contribution in [1.82, 2.24) is 4.90 Å². The van der Waals surface area contributed by atoms with Crippen LogP contribution in [0.5, 0.6) is 0 Å². The van der Waals surface area contributed by atoms with E-state index in [4.69, 9.17) is 14.6 Å². The van der Waals surface area contributed by atoms with Crippen LogP contribution in [-0.2, 0) is 14.3 Å². The molecule has 1 N–H and O–H groups in total. The van der Waals surface area contributed by atoms with Gasteiger partial charge >= 0.3 is 5.97 Å². The number of morpholine rings is 1. The third-order valence-electron chi connectivity index (χ3n) is 2.95. The van der Waals surface area contributed by atoms with Gasteiger partial charge in [0.25, 0.3) is 0 Å². The minimum absolute atomic E-state index is 0.0693. The molecule has 0 aromatic carbocycles. The van der Waals surface area contributed by atoms with E-state index in [1.165, 1.54) is 6.08 Å². The normalized spacial score (nSPS) is 17.9. The smallest absolute Gasteiger partial charge is 0.335 e. The Morgan fingerprint density at radius 3 is 2.60 bits per heavy atom. The predicted octanol–water partition coefficient (Wildman–Crippen LogP) is 1.83. The minimum atomic E-state index is -1.01. The first-order valence-corrected chi connectivity index (χ1v) is 6.70. The van der Waals surface area contributed by atoms with Gasteiger partial charge in [0, 0.05) is 19.6 Å². The number of hydrogen-bond donors (Lipinski definition) is 1. The Bertz CT molecular complexity index is 406. The van der Waals surface area contributed by atoms with Crippen LogP contribution >= 0.6 is 0 Å². The van der Waals surface area contributed by atoms with Crippen LogP contribution in [0.4, 0.5) is 0 Å². The molecule has 5 heteroatoms. The molecule has 1 heterocycles. The van der Waals surface area contributed by atoms with Crippen LogP contribution in [0.1, 0.15) is 13.8 Å². The molecule has 0 bridgehead atoms. The van der Waals surface area contributed by atoms with Gasteiger partial charge in [-0.05, 0) is 31.6 Å². The summed E-state index contributed by atoms with van der Waals surface area (Å²) in [5.41, 5.74) is 0.876. The van der Waals surface area contributed by atoms with Crippen molar-refractivity contribution in [3.8, 4) is 0 Å². The fraction of sp³-hybridized carbons (Fsp3) is 0.533. The van der Waals surface area contributed by atoms with Crippen molar-refractivity contribution in [2.75, 3.05) is 39.5 Å². The molecule has 20 heavy (non-hydrogen) atoms. The highest BCUT2D eigenvalue weighted by Crippen LogP contribution is 2.07. The van der Waals surface area contributed by atoms with Crippen molar-refractivity contribution < 1.29 is 19.4 Å². The second-order valence-electron chi connectivity index (χ2n) is 4.78. The summed E-state index contributed by atoms with van der Waals surface area (Å²) in [6.07, 6.45) is 3.34. The molecule has 1 saturated heterocycles. The summed E-state index contributed by atoms with van der Waals surface area (Å²) in [5, 5.41) is 8.74. The average Bonchev–Trinajstić information content (AvgIpc) is 2.39. The number of hydrogen-bond acceptors (Lipinski definition) is 4. The number of carboxylic acids is 1. The van der Waals surface area contributed by atoms with Crippen LogP contribution in [0.15, 0.2) is 35.6 Å². The summed E-state index contributed by atoms with van der Waals surface area (Å²) >= 11 is 0. The Labute approximate surface area is 120 Å². The van der Waals surface area contributed by atoms with Crippen LogP contribution in [0, 0.1) is 0 Å². The molecule has 0 radical (unpaired) electrons. The van der Waals surface area contributed by atoms with E-state index in [0.717, 1.165) is 44.2 Å². The van der Waals surface area contributed by atoms with Crippen molar-refractivity contribution in [3.63, 3.8) is 0 Å². The molecule has 5 nitrogen and oxygen atoms in total. The summed E-state index contributed by atoms with van der Waals surface area (Å²) in [4.78, 5) is 13.0. The zero-order valence-corrected chi connectivity index (χ0v) is 12.2. The number of allylic oxidation sites excluding steroid dienone is 3. The summed E-state index contributed by atoms with van der Waals surface area (Å²) < 4.78 is 10.9. The second-order valence-corrected chi connectivity index (χ2v) is 4.78. The summed E-state index contributed by atoms with van der Waals surface area (Å²) in [7, 11) is 0. The van der Waals surface area contributed by atoms with E-state index < -0.39 is 5.97 Å². The molecule has 1 aliphatic rings.